The number of carbonyl (C=O) groups is 1. The SMILES string of the molecule is CCCC1C(C)CCCN1C(=O)CC(C)c1c[nH]c2cccc(Br)c12. The quantitative estimate of drug-likeness (QED) is 0.665. The third-order valence-electron chi connectivity index (χ3n) is 5.72. The lowest BCUT2D eigenvalue weighted by Gasteiger charge is -2.40. The number of fused-ring (bicyclic) bond motifs is 1. The third-order valence-corrected chi connectivity index (χ3v) is 6.38. The number of H-pyrrole nitrogens is 1. The minimum Gasteiger partial charge on any atom is -0.361 e. The minimum atomic E-state index is 0.208. The second-order valence-electron chi connectivity index (χ2n) is 7.57. The molecule has 1 aromatic heterocycles. The highest BCUT2D eigenvalue weighted by Gasteiger charge is 2.31. The van der Waals surface area contributed by atoms with Crippen LogP contribution in [0.4, 0.5) is 0 Å². The van der Waals surface area contributed by atoms with Crippen LogP contribution in [-0.4, -0.2) is 28.4 Å². The maximum atomic E-state index is 13.1. The molecule has 2 heterocycles. The highest BCUT2D eigenvalue weighted by Crippen LogP contribution is 2.34. The molecule has 1 amide bonds. The van der Waals surface area contributed by atoms with Gasteiger partial charge in [-0.15, -0.1) is 0 Å². The highest BCUT2D eigenvalue weighted by molar-refractivity contribution is 9.10. The molecule has 25 heavy (non-hydrogen) atoms. The van der Waals surface area contributed by atoms with Crippen LogP contribution in [0.1, 0.15) is 64.4 Å². The molecule has 0 radical (unpaired) electrons. The summed E-state index contributed by atoms with van der Waals surface area (Å²) in [6.45, 7) is 7.62. The summed E-state index contributed by atoms with van der Waals surface area (Å²) in [6.07, 6.45) is 7.31. The first kappa shape index (κ1) is 18.5. The number of hydrogen-bond acceptors (Lipinski definition) is 1. The van der Waals surface area contributed by atoms with Gasteiger partial charge in [-0.1, -0.05) is 49.2 Å². The molecule has 1 N–H and O–H groups in total. The molecule has 3 atom stereocenters. The van der Waals surface area contributed by atoms with Crippen LogP contribution in [0.25, 0.3) is 10.9 Å². The Labute approximate surface area is 159 Å². The van der Waals surface area contributed by atoms with E-state index in [4.69, 9.17) is 0 Å². The van der Waals surface area contributed by atoms with E-state index in [1.54, 1.807) is 0 Å². The molecule has 3 rings (SSSR count). The molecule has 3 unspecified atom stereocenters. The van der Waals surface area contributed by atoms with Crippen LogP contribution in [0.15, 0.2) is 28.9 Å². The lowest BCUT2D eigenvalue weighted by atomic mass is 9.87. The molecule has 0 bridgehead atoms. The molecule has 0 saturated carbocycles. The normalized spacial score (nSPS) is 22.3. The van der Waals surface area contributed by atoms with Crippen LogP contribution in [0.2, 0.25) is 0 Å². The molecule has 2 aromatic rings. The number of piperidine rings is 1. The number of nitrogens with one attached hydrogen (secondary N) is 1. The van der Waals surface area contributed by atoms with E-state index in [-0.39, 0.29) is 5.92 Å². The van der Waals surface area contributed by atoms with Crippen LogP contribution in [0, 0.1) is 5.92 Å². The average Bonchev–Trinajstić information content (AvgIpc) is 3.02. The Kier molecular flexibility index (Phi) is 5.88. The van der Waals surface area contributed by atoms with Gasteiger partial charge in [-0.05, 0) is 48.8 Å². The summed E-state index contributed by atoms with van der Waals surface area (Å²) in [5.41, 5.74) is 2.35. The van der Waals surface area contributed by atoms with Crippen molar-refractivity contribution in [2.45, 2.75) is 64.8 Å². The van der Waals surface area contributed by atoms with Crippen molar-refractivity contribution in [3.8, 4) is 0 Å². The number of carbonyl (C=O) groups excluding carboxylic acids is 1. The van der Waals surface area contributed by atoms with E-state index < -0.39 is 0 Å². The molecule has 136 valence electrons. The number of hydrogen-bond donors (Lipinski definition) is 1. The van der Waals surface area contributed by atoms with Crippen molar-refractivity contribution in [2.75, 3.05) is 6.54 Å². The number of benzene rings is 1. The van der Waals surface area contributed by atoms with Crippen LogP contribution in [-0.2, 0) is 4.79 Å². The minimum absolute atomic E-state index is 0.208. The summed E-state index contributed by atoms with van der Waals surface area (Å²) in [6, 6.07) is 6.61. The fourth-order valence-corrected chi connectivity index (χ4v) is 4.93. The van der Waals surface area contributed by atoms with Gasteiger partial charge in [-0.25, -0.2) is 0 Å². The summed E-state index contributed by atoms with van der Waals surface area (Å²) in [5.74, 6) is 1.15. The average molecular weight is 405 g/mol. The van der Waals surface area contributed by atoms with Crippen molar-refractivity contribution >= 4 is 32.7 Å². The molecular formula is C21H29BrN2O. The molecule has 3 nitrogen and oxygen atoms in total. The smallest absolute Gasteiger partial charge is 0.223 e. The number of aromatic amines is 1. The van der Waals surface area contributed by atoms with E-state index in [1.807, 2.05) is 6.07 Å². The predicted molar refractivity (Wildman–Crippen MR) is 108 cm³/mol. The summed E-state index contributed by atoms with van der Waals surface area (Å²) in [5, 5.41) is 1.21. The lowest BCUT2D eigenvalue weighted by Crippen LogP contribution is -2.47. The zero-order chi connectivity index (χ0) is 18.0. The van der Waals surface area contributed by atoms with Crippen LogP contribution in [0.3, 0.4) is 0 Å². The molecule has 1 saturated heterocycles. The Morgan fingerprint density at radius 1 is 1.44 bits per heavy atom. The molecule has 1 aliphatic heterocycles. The topological polar surface area (TPSA) is 36.1 Å². The summed E-state index contributed by atoms with van der Waals surface area (Å²) in [4.78, 5) is 18.6. The Morgan fingerprint density at radius 2 is 2.24 bits per heavy atom. The number of halogens is 1. The Bertz CT molecular complexity index is 739. The van der Waals surface area contributed by atoms with E-state index in [9.17, 15) is 4.79 Å². The van der Waals surface area contributed by atoms with Gasteiger partial charge in [0.15, 0.2) is 0 Å². The first-order chi connectivity index (χ1) is 12.0. The van der Waals surface area contributed by atoms with Gasteiger partial charge < -0.3 is 9.88 Å². The second-order valence-corrected chi connectivity index (χ2v) is 8.43. The van der Waals surface area contributed by atoms with E-state index in [0.29, 0.717) is 24.3 Å². The van der Waals surface area contributed by atoms with Gasteiger partial charge in [-0.3, -0.25) is 4.79 Å². The van der Waals surface area contributed by atoms with Gasteiger partial charge in [0.2, 0.25) is 5.91 Å². The second kappa shape index (κ2) is 7.94. The standard InChI is InChI=1S/C21H29BrN2O/c1-4-7-19-14(2)8-6-11-24(19)20(25)12-15(3)16-13-23-18-10-5-9-17(22)21(16)18/h5,9-10,13-15,19,23H,4,6-8,11-12H2,1-3H3. The van der Waals surface area contributed by atoms with E-state index >= 15 is 0 Å². The van der Waals surface area contributed by atoms with Crippen molar-refractivity contribution in [2.24, 2.45) is 5.92 Å². The number of likely N-dealkylation sites (tertiary alicyclic amines) is 1. The van der Waals surface area contributed by atoms with E-state index in [2.05, 4.69) is 64.9 Å². The van der Waals surface area contributed by atoms with Crippen LogP contribution < -0.4 is 0 Å². The Morgan fingerprint density at radius 3 is 3.00 bits per heavy atom. The van der Waals surface area contributed by atoms with Gasteiger partial charge in [-0.2, -0.15) is 0 Å². The van der Waals surface area contributed by atoms with Gasteiger partial charge in [0.1, 0.15) is 0 Å². The molecule has 1 aliphatic rings. The third kappa shape index (κ3) is 3.79. The van der Waals surface area contributed by atoms with Crippen molar-refractivity contribution in [3.05, 3.63) is 34.4 Å². The first-order valence-electron chi connectivity index (χ1n) is 9.57. The predicted octanol–water partition coefficient (Wildman–Crippen LogP) is 5.85. The largest absolute Gasteiger partial charge is 0.361 e. The van der Waals surface area contributed by atoms with Gasteiger partial charge in [0, 0.05) is 40.6 Å². The van der Waals surface area contributed by atoms with E-state index in [0.717, 1.165) is 35.8 Å². The molecular weight excluding hydrogens is 376 g/mol. The van der Waals surface area contributed by atoms with Gasteiger partial charge >= 0.3 is 0 Å². The monoisotopic (exact) mass is 404 g/mol. The molecule has 1 aromatic carbocycles. The zero-order valence-electron chi connectivity index (χ0n) is 15.5. The van der Waals surface area contributed by atoms with Gasteiger partial charge in [0.05, 0.1) is 0 Å². The van der Waals surface area contributed by atoms with Gasteiger partial charge in [0.25, 0.3) is 0 Å². The summed E-state index contributed by atoms with van der Waals surface area (Å²) >= 11 is 3.66. The van der Waals surface area contributed by atoms with Crippen LogP contribution >= 0.6 is 15.9 Å². The van der Waals surface area contributed by atoms with Crippen LogP contribution in [0.5, 0.6) is 0 Å². The fourth-order valence-electron chi connectivity index (χ4n) is 4.34. The van der Waals surface area contributed by atoms with E-state index in [1.165, 1.54) is 17.4 Å². The Hall–Kier alpha value is -1.29. The Balaban J connectivity index is 1.77. The zero-order valence-corrected chi connectivity index (χ0v) is 17.1. The number of nitrogens with zero attached hydrogens (tertiary/aromatic N) is 1. The van der Waals surface area contributed by atoms with Crippen molar-refractivity contribution in [1.82, 2.24) is 9.88 Å². The summed E-state index contributed by atoms with van der Waals surface area (Å²) in [7, 11) is 0. The summed E-state index contributed by atoms with van der Waals surface area (Å²) < 4.78 is 1.09. The maximum Gasteiger partial charge on any atom is 0.223 e. The molecule has 0 spiro atoms. The highest BCUT2D eigenvalue weighted by atomic mass is 79.9. The fraction of sp³-hybridized carbons (Fsp3) is 0.571. The van der Waals surface area contributed by atoms with Crippen molar-refractivity contribution < 1.29 is 4.79 Å². The molecule has 0 aliphatic carbocycles. The number of aromatic nitrogens is 1. The maximum absolute atomic E-state index is 13.1. The molecule has 4 heteroatoms. The van der Waals surface area contributed by atoms with Crippen molar-refractivity contribution in [3.63, 3.8) is 0 Å². The molecule has 1 fully saturated rings. The number of amides is 1. The first-order valence-corrected chi connectivity index (χ1v) is 10.4. The van der Waals surface area contributed by atoms with Crippen molar-refractivity contribution in [1.29, 1.82) is 0 Å². The lowest BCUT2D eigenvalue weighted by molar-refractivity contribution is -0.136. The number of rotatable bonds is 5.